The molecule has 0 N–H and O–H groups in total. The Morgan fingerprint density at radius 2 is 1.58 bits per heavy atom. The molecule has 0 bridgehead atoms. The number of rotatable bonds is 2. The average Bonchev–Trinajstić information content (AvgIpc) is 2.38. The molecule has 12 heavy (non-hydrogen) atoms. The largest absolute Gasteiger partial charge is 0.299 e. The van der Waals surface area contributed by atoms with Crippen LogP contribution in [-0.4, -0.2) is 5.78 Å². The number of nitriles is 2. The van der Waals surface area contributed by atoms with Gasteiger partial charge in [-0.25, -0.2) is 0 Å². The maximum absolute atomic E-state index is 11.4. The number of nitrogens with zero attached hydrogens (tertiary/aromatic N) is 2. The second kappa shape index (κ2) is 3.88. The minimum Gasteiger partial charge on any atom is -0.299 e. The van der Waals surface area contributed by atoms with Crippen molar-refractivity contribution in [2.75, 3.05) is 0 Å². The zero-order valence-corrected chi connectivity index (χ0v) is 6.79. The molecule has 0 amide bonds. The Morgan fingerprint density at radius 1 is 1.17 bits per heavy atom. The highest BCUT2D eigenvalue weighted by Crippen LogP contribution is 2.30. The van der Waals surface area contributed by atoms with Gasteiger partial charge < -0.3 is 0 Å². The molecule has 0 radical (unpaired) electrons. The number of hydrogen-bond donors (Lipinski definition) is 0. The van der Waals surface area contributed by atoms with E-state index in [0.29, 0.717) is 12.8 Å². The molecule has 0 saturated heterocycles. The van der Waals surface area contributed by atoms with Crippen molar-refractivity contribution in [3.8, 4) is 12.1 Å². The first-order valence-corrected chi connectivity index (χ1v) is 4.07. The van der Waals surface area contributed by atoms with Crippen LogP contribution >= 0.6 is 0 Å². The molecule has 0 aromatic rings. The SMILES string of the molecule is N#CCC1CCC(CC#N)C1=O. The molecule has 0 aromatic carbocycles. The van der Waals surface area contributed by atoms with Gasteiger partial charge >= 0.3 is 0 Å². The Balaban J connectivity index is 2.51. The fraction of sp³-hybridized carbons (Fsp3) is 0.667. The molecule has 3 heteroatoms. The molecular weight excluding hydrogens is 152 g/mol. The predicted octanol–water partition coefficient (Wildman–Crippen LogP) is 1.41. The van der Waals surface area contributed by atoms with E-state index >= 15 is 0 Å². The average molecular weight is 162 g/mol. The molecule has 1 saturated carbocycles. The van der Waals surface area contributed by atoms with Gasteiger partial charge in [0.15, 0.2) is 0 Å². The van der Waals surface area contributed by atoms with Crippen LogP contribution in [0.1, 0.15) is 25.7 Å². The fourth-order valence-electron chi connectivity index (χ4n) is 1.65. The highest BCUT2D eigenvalue weighted by Gasteiger charge is 2.33. The summed E-state index contributed by atoms with van der Waals surface area (Å²) in [7, 11) is 0. The number of carbonyl (C=O) groups is 1. The highest BCUT2D eigenvalue weighted by molar-refractivity contribution is 5.85. The molecule has 2 unspecified atom stereocenters. The van der Waals surface area contributed by atoms with Crippen LogP contribution in [0.15, 0.2) is 0 Å². The molecule has 1 aliphatic carbocycles. The Bertz CT molecular complexity index is 233. The standard InChI is InChI=1S/C9H10N2O/c10-5-3-7-1-2-8(4-6-11)9(7)12/h7-8H,1-4H2. The molecule has 62 valence electrons. The number of hydrogen-bond acceptors (Lipinski definition) is 3. The molecule has 1 fully saturated rings. The van der Waals surface area contributed by atoms with Crippen LogP contribution in [0.4, 0.5) is 0 Å². The smallest absolute Gasteiger partial charge is 0.141 e. The lowest BCUT2D eigenvalue weighted by atomic mass is 9.99. The molecule has 2 atom stereocenters. The molecular formula is C9H10N2O. The number of carbonyl (C=O) groups excluding carboxylic acids is 1. The van der Waals surface area contributed by atoms with Crippen LogP contribution in [0.5, 0.6) is 0 Å². The van der Waals surface area contributed by atoms with E-state index in [1.807, 2.05) is 12.1 Å². The summed E-state index contributed by atoms with van der Waals surface area (Å²) in [5.74, 6) is -0.0557. The van der Waals surface area contributed by atoms with E-state index in [9.17, 15) is 4.79 Å². The van der Waals surface area contributed by atoms with Crippen LogP contribution < -0.4 is 0 Å². The van der Waals surface area contributed by atoms with E-state index in [0.717, 1.165) is 12.8 Å². The van der Waals surface area contributed by atoms with E-state index in [2.05, 4.69) is 0 Å². The van der Waals surface area contributed by atoms with Gasteiger partial charge in [0.05, 0.1) is 12.1 Å². The van der Waals surface area contributed by atoms with Crippen molar-refractivity contribution in [2.24, 2.45) is 11.8 Å². The van der Waals surface area contributed by atoms with Gasteiger partial charge in [0.2, 0.25) is 0 Å². The molecule has 0 spiro atoms. The molecule has 3 nitrogen and oxygen atoms in total. The van der Waals surface area contributed by atoms with Crippen molar-refractivity contribution in [1.29, 1.82) is 10.5 Å². The third-order valence-corrected chi connectivity index (χ3v) is 2.34. The summed E-state index contributed by atoms with van der Waals surface area (Å²) in [6.45, 7) is 0. The Kier molecular flexibility index (Phi) is 2.82. The van der Waals surface area contributed by atoms with Crippen molar-refractivity contribution < 1.29 is 4.79 Å². The zero-order chi connectivity index (χ0) is 8.97. The first-order valence-electron chi connectivity index (χ1n) is 4.07. The summed E-state index contributed by atoms with van der Waals surface area (Å²) >= 11 is 0. The summed E-state index contributed by atoms with van der Waals surface area (Å²) in [6.07, 6.45) is 2.22. The highest BCUT2D eigenvalue weighted by atomic mass is 16.1. The van der Waals surface area contributed by atoms with Gasteiger partial charge in [-0.2, -0.15) is 10.5 Å². The summed E-state index contributed by atoms with van der Waals surface area (Å²) < 4.78 is 0. The maximum atomic E-state index is 11.4. The Hall–Kier alpha value is -1.35. The third-order valence-electron chi connectivity index (χ3n) is 2.34. The van der Waals surface area contributed by atoms with Crippen molar-refractivity contribution in [3.05, 3.63) is 0 Å². The van der Waals surface area contributed by atoms with Gasteiger partial charge in [0.1, 0.15) is 5.78 Å². The third kappa shape index (κ3) is 1.62. The first-order chi connectivity index (χ1) is 5.79. The van der Waals surface area contributed by atoms with Crippen LogP contribution in [-0.2, 0) is 4.79 Å². The lowest BCUT2D eigenvalue weighted by molar-refractivity contribution is -0.123. The molecule has 0 aliphatic heterocycles. The van der Waals surface area contributed by atoms with E-state index in [-0.39, 0.29) is 17.6 Å². The predicted molar refractivity (Wildman–Crippen MR) is 41.7 cm³/mol. The Labute approximate surface area is 71.6 Å². The van der Waals surface area contributed by atoms with Gasteiger partial charge in [-0.05, 0) is 12.8 Å². The molecule has 1 aliphatic rings. The summed E-state index contributed by atoms with van der Waals surface area (Å²) in [6, 6.07) is 4.00. The van der Waals surface area contributed by atoms with E-state index in [1.54, 1.807) is 0 Å². The first kappa shape index (κ1) is 8.74. The quantitative estimate of drug-likeness (QED) is 0.616. The number of Topliss-reactive ketones (excluding diaryl/α,β-unsaturated/α-hetero) is 1. The van der Waals surface area contributed by atoms with Crippen LogP contribution in [0, 0.1) is 34.5 Å². The van der Waals surface area contributed by atoms with Gasteiger partial charge in [-0.1, -0.05) is 0 Å². The summed E-state index contributed by atoms with van der Waals surface area (Å²) in [5.41, 5.74) is 0. The van der Waals surface area contributed by atoms with E-state index in [4.69, 9.17) is 10.5 Å². The minimum absolute atomic E-state index is 0.0895. The second-order valence-electron chi connectivity index (χ2n) is 3.10. The van der Waals surface area contributed by atoms with Gasteiger partial charge in [-0.3, -0.25) is 4.79 Å². The normalized spacial score (nSPS) is 28.0. The van der Waals surface area contributed by atoms with Crippen LogP contribution in [0.25, 0.3) is 0 Å². The minimum atomic E-state index is -0.0895. The van der Waals surface area contributed by atoms with Crippen molar-refractivity contribution in [2.45, 2.75) is 25.7 Å². The maximum Gasteiger partial charge on any atom is 0.141 e. The fourth-order valence-corrected chi connectivity index (χ4v) is 1.65. The van der Waals surface area contributed by atoms with Gasteiger partial charge in [0, 0.05) is 24.7 Å². The second-order valence-corrected chi connectivity index (χ2v) is 3.10. The molecule has 0 aromatic heterocycles. The lowest BCUT2D eigenvalue weighted by Gasteiger charge is -2.02. The van der Waals surface area contributed by atoms with Crippen LogP contribution in [0.3, 0.4) is 0 Å². The van der Waals surface area contributed by atoms with Crippen molar-refractivity contribution in [3.63, 3.8) is 0 Å². The van der Waals surface area contributed by atoms with E-state index < -0.39 is 0 Å². The van der Waals surface area contributed by atoms with Crippen molar-refractivity contribution in [1.82, 2.24) is 0 Å². The summed E-state index contributed by atoms with van der Waals surface area (Å²) in [4.78, 5) is 11.4. The van der Waals surface area contributed by atoms with E-state index in [1.165, 1.54) is 0 Å². The Morgan fingerprint density at radius 3 is 1.92 bits per heavy atom. The molecule has 0 heterocycles. The number of ketones is 1. The van der Waals surface area contributed by atoms with Crippen LogP contribution in [0.2, 0.25) is 0 Å². The van der Waals surface area contributed by atoms with Crippen molar-refractivity contribution >= 4 is 5.78 Å². The lowest BCUT2D eigenvalue weighted by Crippen LogP contribution is -2.13. The van der Waals surface area contributed by atoms with Gasteiger partial charge in [-0.15, -0.1) is 0 Å². The zero-order valence-electron chi connectivity index (χ0n) is 6.79. The molecule has 1 rings (SSSR count). The van der Waals surface area contributed by atoms with Gasteiger partial charge in [0.25, 0.3) is 0 Å². The summed E-state index contributed by atoms with van der Waals surface area (Å²) in [5, 5.41) is 16.8. The monoisotopic (exact) mass is 162 g/mol. The topological polar surface area (TPSA) is 64.7 Å².